The van der Waals surface area contributed by atoms with Crippen molar-refractivity contribution in [2.24, 2.45) is 5.41 Å². The van der Waals surface area contributed by atoms with E-state index in [0.29, 0.717) is 17.5 Å². The summed E-state index contributed by atoms with van der Waals surface area (Å²) in [6.07, 6.45) is 6.61. The van der Waals surface area contributed by atoms with Crippen LogP contribution in [-0.2, 0) is 6.42 Å². The van der Waals surface area contributed by atoms with Gasteiger partial charge in [0.25, 0.3) is 0 Å². The molecule has 19 heavy (non-hydrogen) atoms. The second-order valence-corrected chi connectivity index (χ2v) is 6.14. The predicted molar refractivity (Wildman–Crippen MR) is 82.5 cm³/mol. The molecule has 1 N–H and O–H groups in total. The standard InChI is InChI=1S/C16H31N3/c1-7-14(8-2)19-11-10-13(18-19)12-15(17-6)16(4,5)9-3/h10-11,14-15,17H,7-9,12H2,1-6H3. The molecule has 1 atom stereocenters. The Morgan fingerprint density at radius 1 is 1.26 bits per heavy atom. The van der Waals surface area contributed by atoms with Crippen molar-refractivity contribution in [2.75, 3.05) is 7.05 Å². The van der Waals surface area contributed by atoms with Crippen molar-refractivity contribution in [3.05, 3.63) is 18.0 Å². The van der Waals surface area contributed by atoms with E-state index in [9.17, 15) is 0 Å². The molecule has 0 aromatic carbocycles. The van der Waals surface area contributed by atoms with Crippen LogP contribution in [-0.4, -0.2) is 22.9 Å². The summed E-state index contributed by atoms with van der Waals surface area (Å²) >= 11 is 0. The van der Waals surface area contributed by atoms with Crippen LogP contribution in [0.4, 0.5) is 0 Å². The lowest BCUT2D eigenvalue weighted by molar-refractivity contribution is 0.238. The minimum absolute atomic E-state index is 0.299. The van der Waals surface area contributed by atoms with Crippen molar-refractivity contribution in [3.8, 4) is 0 Å². The topological polar surface area (TPSA) is 29.9 Å². The maximum absolute atomic E-state index is 4.76. The Kier molecular flexibility index (Phi) is 6.05. The van der Waals surface area contributed by atoms with Gasteiger partial charge in [-0.05, 0) is 37.8 Å². The number of likely N-dealkylation sites (N-methyl/N-ethyl adjacent to an activating group) is 1. The normalized spacial score (nSPS) is 14.1. The molecule has 0 aliphatic carbocycles. The van der Waals surface area contributed by atoms with E-state index in [0.717, 1.165) is 19.3 Å². The highest BCUT2D eigenvalue weighted by Gasteiger charge is 2.27. The second-order valence-electron chi connectivity index (χ2n) is 6.14. The fourth-order valence-electron chi connectivity index (χ4n) is 2.58. The largest absolute Gasteiger partial charge is 0.316 e. The first-order chi connectivity index (χ1) is 8.98. The molecule has 3 nitrogen and oxygen atoms in total. The lowest BCUT2D eigenvalue weighted by atomic mass is 9.80. The van der Waals surface area contributed by atoms with Gasteiger partial charge in [0.1, 0.15) is 0 Å². The van der Waals surface area contributed by atoms with Gasteiger partial charge in [0.15, 0.2) is 0 Å². The van der Waals surface area contributed by atoms with Crippen LogP contribution in [0.15, 0.2) is 12.3 Å². The molecule has 0 saturated heterocycles. The molecule has 0 fully saturated rings. The molecule has 1 rings (SSSR count). The zero-order chi connectivity index (χ0) is 14.5. The van der Waals surface area contributed by atoms with Crippen LogP contribution in [0.25, 0.3) is 0 Å². The first-order valence-electron chi connectivity index (χ1n) is 7.69. The lowest BCUT2D eigenvalue weighted by Crippen LogP contribution is -2.41. The Morgan fingerprint density at radius 3 is 2.37 bits per heavy atom. The smallest absolute Gasteiger partial charge is 0.0640 e. The zero-order valence-corrected chi connectivity index (χ0v) is 13.5. The highest BCUT2D eigenvalue weighted by atomic mass is 15.3. The highest BCUT2D eigenvalue weighted by Crippen LogP contribution is 2.27. The third kappa shape index (κ3) is 4.07. The van der Waals surface area contributed by atoms with Crippen LogP contribution in [0, 0.1) is 5.41 Å². The molecule has 0 bridgehead atoms. The molecule has 3 heteroatoms. The molecule has 0 saturated carbocycles. The fourth-order valence-corrected chi connectivity index (χ4v) is 2.58. The van der Waals surface area contributed by atoms with Crippen LogP contribution < -0.4 is 5.32 Å². The lowest BCUT2D eigenvalue weighted by Gasteiger charge is -2.33. The van der Waals surface area contributed by atoms with E-state index >= 15 is 0 Å². The van der Waals surface area contributed by atoms with Gasteiger partial charge < -0.3 is 5.32 Å². The SMILES string of the molecule is CCC(CC)n1ccc(CC(NC)C(C)(C)CC)n1. The molecule has 1 unspecified atom stereocenters. The monoisotopic (exact) mass is 265 g/mol. The van der Waals surface area contributed by atoms with E-state index in [1.54, 1.807) is 0 Å². The first kappa shape index (κ1) is 16.2. The van der Waals surface area contributed by atoms with E-state index in [1.165, 1.54) is 12.1 Å². The van der Waals surface area contributed by atoms with E-state index in [2.05, 4.69) is 63.9 Å². The zero-order valence-electron chi connectivity index (χ0n) is 13.5. The Morgan fingerprint density at radius 2 is 1.89 bits per heavy atom. The highest BCUT2D eigenvalue weighted by molar-refractivity contribution is 5.04. The minimum atomic E-state index is 0.299. The molecule has 110 valence electrons. The summed E-state index contributed by atoms with van der Waals surface area (Å²) in [4.78, 5) is 0. The van der Waals surface area contributed by atoms with Gasteiger partial charge in [-0.25, -0.2) is 0 Å². The average Bonchev–Trinajstić information content (AvgIpc) is 2.85. The first-order valence-corrected chi connectivity index (χ1v) is 7.69. The number of hydrogen-bond donors (Lipinski definition) is 1. The van der Waals surface area contributed by atoms with Crippen LogP contribution in [0.1, 0.15) is 65.6 Å². The van der Waals surface area contributed by atoms with Crippen LogP contribution >= 0.6 is 0 Å². The maximum Gasteiger partial charge on any atom is 0.0640 e. The molecule has 1 heterocycles. The van der Waals surface area contributed by atoms with Crippen LogP contribution in [0.5, 0.6) is 0 Å². The third-order valence-corrected chi connectivity index (χ3v) is 4.60. The van der Waals surface area contributed by atoms with E-state index < -0.39 is 0 Å². The molecule has 1 aromatic rings. The summed E-state index contributed by atoms with van der Waals surface area (Å²) < 4.78 is 2.14. The summed E-state index contributed by atoms with van der Waals surface area (Å²) in [5, 5.41) is 8.22. The average molecular weight is 265 g/mol. The Bertz CT molecular complexity index is 364. The van der Waals surface area contributed by atoms with E-state index in [4.69, 9.17) is 5.10 Å². The number of rotatable bonds is 8. The van der Waals surface area contributed by atoms with Gasteiger partial charge in [0.05, 0.1) is 11.7 Å². The maximum atomic E-state index is 4.76. The molecular formula is C16H31N3. The van der Waals surface area contributed by atoms with Gasteiger partial charge in [0, 0.05) is 18.7 Å². The van der Waals surface area contributed by atoms with Gasteiger partial charge in [-0.15, -0.1) is 0 Å². The van der Waals surface area contributed by atoms with Gasteiger partial charge in [-0.2, -0.15) is 5.10 Å². The summed E-state index contributed by atoms with van der Waals surface area (Å²) in [5.74, 6) is 0. The predicted octanol–water partition coefficient (Wildman–Crippen LogP) is 3.81. The summed E-state index contributed by atoms with van der Waals surface area (Å²) in [6.45, 7) is 11.4. The van der Waals surface area contributed by atoms with E-state index in [1.807, 2.05) is 0 Å². The molecule has 1 aromatic heterocycles. The van der Waals surface area contributed by atoms with Crippen molar-refractivity contribution < 1.29 is 0 Å². The van der Waals surface area contributed by atoms with Gasteiger partial charge in [-0.3, -0.25) is 4.68 Å². The summed E-state index contributed by atoms with van der Waals surface area (Å²) in [7, 11) is 2.06. The Labute approximate surface area is 118 Å². The summed E-state index contributed by atoms with van der Waals surface area (Å²) in [6, 6.07) is 3.19. The minimum Gasteiger partial charge on any atom is -0.316 e. The number of nitrogens with zero attached hydrogens (tertiary/aromatic N) is 2. The van der Waals surface area contributed by atoms with Crippen molar-refractivity contribution in [2.45, 2.75) is 72.4 Å². The molecule has 0 aliphatic rings. The molecule has 0 amide bonds. The molecule has 0 radical (unpaired) electrons. The molecular weight excluding hydrogens is 234 g/mol. The van der Waals surface area contributed by atoms with Gasteiger partial charge >= 0.3 is 0 Å². The quantitative estimate of drug-likeness (QED) is 0.774. The fraction of sp³-hybridized carbons (Fsp3) is 0.812. The molecule has 0 spiro atoms. The van der Waals surface area contributed by atoms with Crippen molar-refractivity contribution in [3.63, 3.8) is 0 Å². The number of hydrogen-bond acceptors (Lipinski definition) is 2. The third-order valence-electron chi connectivity index (χ3n) is 4.60. The van der Waals surface area contributed by atoms with Gasteiger partial charge in [-0.1, -0.05) is 34.6 Å². The van der Waals surface area contributed by atoms with Crippen LogP contribution in [0.2, 0.25) is 0 Å². The Balaban J connectivity index is 2.77. The van der Waals surface area contributed by atoms with Crippen LogP contribution in [0.3, 0.4) is 0 Å². The molecule has 0 aliphatic heterocycles. The van der Waals surface area contributed by atoms with E-state index in [-0.39, 0.29) is 0 Å². The second kappa shape index (κ2) is 7.09. The van der Waals surface area contributed by atoms with Gasteiger partial charge in [0.2, 0.25) is 0 Å². The Hall–Kier alpha value is -0.830. The summed E-state index contributed by atoms with van der Waals surface area (Å²) in [5.41, 5.74) is 1.50. The van der Waals surface area contributed by atoms with Crippen molar-refractivity contribution in [1.82, 2.24) is 15.1 Å². The van der Waals surface area contributed by atoms with Crippen molar-refractivity contribution >= 4 is 0 Å². The number of nitrogens with one attached hydrogen (secondary N) is 1. The van der Waals surface area contributed by atoms with Crippen molar-refractivity contribution in [1.29, 1.82) is 0 Å². The number of aromatic nitrogens is 2.